The normalized spacial score (nSPS) is 14.7. The van der Waals surface area contributed by atoms with Crippen LogP contribution >= 0.6 is 0 Å². The van der Waals surface area contributed by atoms with Crippen molar-refractivity contribution in [2.75, 3.05) is 9.80 Å². The van der Waals surface area contributed by atoms with E-state index in [9.17, 15) is 0 Å². The standard InChI is InChI=1S/C76H54N2/c1-75(2)68-36-22-21-35-61(68)62-41-39-59(47-71(62)75)77(56-29-15-6-16-30-56)60-40-42-63-65-45-54(51-23-9-3-10-24-51)37-43-69(65)76(72(63)48-60)70-44-38-55(52-25-11-4-12-26-52)46-66(70)67-49-64(53-27-13-5-14-28-53)74(50-73(67)76)78(57-31-17-7-18-32-57)58-33-19-8-20-34-58/h3-50H,1-2H3. The smallest absolute Gasteiger partial charge is 0.0727 e. The van der Waals surface area contributed by atoms with Crippen LogP contribution in [0.2, 0.25) is 0 Å². The summed E-state index contributed by atoms with van der Waals surface area (Å²) in [6.45, 7) is 4.75. The van der Waals surface area contributed by atoms with Crippen molar-refractivity contribution in [3.8, 4) is 66.8 Å². The van der Waals surface area contributed by atoms with Gasteiger partial charge in [0, 0.05) is 39.4 Å². The monoisotopic (exact) mass is 994 g/mol. The van der Waals surface area contributed by atoms with Crippen molar-refractivity contribution >= 4 is 34.1 Å². The van der Waals surface area contributed by atoms with Gasteiger partial charge in [-0.2, -0.15) is 0 Å². The maximum absolute atomic E-state index is 2.56. The summed E-state index contributed by atoms with van der Waals surface area (Å²) in [4.78, 5) is 4.95. The van der Waals surface area contributed by atoms with Crippen molar-refractivity contribution in [2.24, 2.45) is 0 Å². The van der Waals surface area contributed by atoms with Crippen LogP contribution in [0, 0.1) is 0 Å². The number of rotatable bonds is 9. The second kappa shape index (κ2) is 17.9. The molecule has 12 aromatic carbocycles. The molecule has 78 heavy (non-hydrogen) atoms. The van der Waals surface area contributed by atoms with Crippen LogP contribution < -0.4 is 9.80 Å². The molecule has 0 amide bonds. The SMILES string of the molecule is CC1(C)c2ccccc2-c2ccc(N(c3ccccc3)c3ccc4c(c3)C3(c5ccc(-c6ccccc6)cc5-4)c4ccc(-c5ccccc5)cc4-c4cc(-c5ccccc5)c(N(c5ccccc5)c5ccccc5)cc43)cc21. The zero-order valence-corrected chi connectivity index (χ0v) is 43.6. The first-order valence-electron chi connectivity index (χ1n) is 27.2. The lowest BCUT2D eigenvalue weighted by Crippen LogP contribution is -2.27. The third kappa shape index (κ3) is 6.96. The summed E-state index contributed by atoms with van der Waals surface area (Å²) < 4.78 is 0. The van der Waals surface area contributed by atoms with Gasteiger partial charge >= 0.3 is 0 Å². The molecule has 2 nitrogen and oxygen atoms in total. The minimum absolute atomic E-state index is 0.163. The Labute approximate surface area is 457 Å². The molecule has 0 aromatic heterocycles. The third-order valence-corrected chi connectivity index (χ3v) is 17.0. The van der Waals surface area contributed by atoms with Crippen LogP contribution in [-0.4, -0.2) is 0 Å². The molecular weight excluding hydrogens is 941 g/mol. The van der Waals surface area contributed by atoms with E-state index in [4.69, 9.17) is 0 Å². The molecule has 3 aliphatic rings. The van der Waals surface area contributed by atoms with Gasteiger partial charge in [-0.15, -0.1) is 0 Å². The van der Waals surface area contributed by atoms with Crippen LogP contribution in [0.3, 0.4) is 0 Å². The molecule has 0 N–H and O–H groups in total. The molecule has 0 heterocycles. The highest BCUT2D eigenvalue weighted by atomic mass is 15.1. The first kappa shape index (κ1) is 45.6. The Morgan fingerprint density at radius 2 is 0.615 bits per heavy atom. The summed E-state index contributed by atoms with van der Waals surface area (Å²) in [6, 6.07) is 108. The highest BCUT2D eigenvalue weighted by molar-refractivity contribution is 6.02. The third-order valence-electron chi connectivity index (χ3n) is 17.0. The van der Waals surface area contributed by atoms with E-state index in [1.807, 2.05) is 0 Å². The fourth-order valence-electron chi connectivity index (χ4n) is 13.5. The van der Waals surface area contributed by atoms with E-state index in [-0.39, 0.29) is 5.41 Å². The van der Waals surface area contributed by atoms with E-state index in [2.05, 4.69) is 315 Å². The molecule has 12 aromatic rings. The van der Waals surface area contributed by atoms with E-state index < -0.39 is 5.41 Å². The number of benzene rings is 12. The molecule has 368 valence electrons. The van der Waals surface area contributed by atoms with Crippen LogP contribution in [0.15, 0.2) is 291 Å². The molecule has 1 atom stereocenters. The quantitative estimate of drug-likeness (QED) is 0.142. The number of hydrogen-bond acceptors (Lipinski definition) is 2. The van der Waals surface area contributed by atoms with Crippen molar-refractivity contribution in [3.63, 3.8) is 0 Å². The summed E-state index contributed by atoms with van der Waals surface area (Å²) >= 11 is 0. The molecule has 3 aliphatic carbocycles. The van der Waals surface area contributed by atoms with Gasteiger partial charge in [0.2, 0.25) is 0 Å². The van der Waals surface area contributed by atoms with Gasteiger partial charge < -0.3 is 9.80 Å². The predicted octanol–water partition coefficient (Wildman–Crippen LogP) is 20.3. The van der Waals surface area contributed by atoms with Gasteiger partial charge in [-0.25, -0.2) is 0 Å². The van der Waals surface area contributed by atoms with E-state index in [1.165, 1.54) is 94.6 Å². The van der Waals surface area contributed by atoms with Gasteiger partial charge in [0.15, 0.2) is 0 Å². The molecule has 1 unspecified atom stereocenters. The van der Waals surface area contributed by atoms with Crippen LogP contribution in [0.25, 0.3) is 66.8 Å². The number of hydrogen-bond donors (Lipinski definition) is 0. The summed E-state index contributed by atoms with van der Waals surface area (Å²) in [6.07, 6.45) is 0. The average molecular weight is 995 g/mol. The van der Waals surface area contributed by atoms with Crippen LogP contribution in [0.4, 0.5) is 34.1 Å². The first-order chi connectivity index (χ1) is 38.4. The summed E-state index contributed by atoms with van der Waals surface area (Å²) in [5, 5.41) is 0. The largest absolute Gasteiger partial charge is 0.310 e. The van der Waals surface area contributed by atoms with Crippen molar-refractivity contribution in [2.45, 2.75) is 24.7 Å². The molecule has 0 radical (unpaired) electrons. The van der Waals surface area contributed by atoms with Crippen molar-refractivity contribution in [1.82, 2.24) is 0 Å². The molecule has 0 fully saturated rings. The molecule has 2 heteroatoms. The Morgan fingerprint density at radius 1 is 0.218 bits per heavy atom. The summed E-state index contributed by atoms with van der Waals surface area (Å²) in [5.41, 5.74) is 28.3. The van der Waals surface area contributed by atoms with Gasteiger partial charge in [0.1, 0.15) is 0 Å². The highest BCUT2D eigenvalue weighted by Crippen LogP contribution is 2.66. The lowest BCUT2D eigenvalue weighted by atomic mass is 9.70. The minimum Gasteiger partial charge on any atom is -0.310 e. The number of anilines is 6. The number of para-hydroxylation sites is 3. The Bertz CT molecular complexity index is 4220. The Hall–Kier alpha value is -9.76. The van der Waals surface area contributed by atoms with E-state index >= 15 is 0 Å². The summed E-state index contributed by atoms with van der Waals surface area (Å²) in [7, 11) is 0. The maximum atomic E-state index is 2.56. The molecule has 0 aliphatic heterocycles. The van der Waals surface area contributed by atoms with E-state index in [0.717, 1.165) is 39.7 Å². The first-order valence-corrected chi connectivity index (χ1v) is 27.2. The van der Waals surface area contributed by atoms with Gasteiger partial charge in [0.05, 0.1) is 11.1 Å². The van der Waals surface area contributed by atoms with Gasteiger partial charge in [-0.1, -0.05) is 220 Å². The fourth-order valence-corrected chi connectivity index (χ4v) is 13.5. The molecule has 1 spiro atoms. The molecule has 0 saturated heterocycles. The molecule has 0 saturated carbocycles. The van der Waals surface area contributed by atoms with Gasteiger partial charge in [0.25, 0.3) is 0 Å². The molecule has 15 rings (SSSR count). The van der Waals surface area contributed by atoms with Gasteiger partial charge in [-0.05, 0) is 180 Å². The average Bonchev–Trinajstić information content (AvgIpc) is 3.69. The van der Waals surface area contributed by atoms with Crippen LogP contribution in [-0.2, 0) is 10.8 Å². The number of nitrogens with zero attached hydrogens (tertiary/aromatic N) is 2. The second-order valence-corrected chi connectivity index (χ2v) is 21.6. The van der Waals surface area contributed by atoms with Crippen LogP contribution in [0.1, 0.15) is 47.2 Å². The maximum Gasteiger partial charge on any atom is 0.0727 e. The molecular formula is C76H54N2. The number of fused-ring (bicyclic) bond motifs is 13. The second-order valence-electron chi connectivity index (χ2n) is 21.6. The Kier molecular flexibility index (Phi) is 10.5. The summed E-state index contributed by atoms with van der Waals surface area (Å²) in [5.74, 6) is 0. The Balaban J connectivity index is 1.05. The van der Waals surface area contributed by atoms with Crippen molar-refractivity contribution < 1.29 is 0 Å². The lowest BCUT2D eigenvalue weighted by molar-refractivity contribution is 0.660. The van der Waals surface area contributed by atoms with E-state index in [1.54, 1.807) is 0 Å². The Morgan fingerprint density at radius 3 is 1.15 bits per heavy atom. The van der Waals surface area contributed by atoms with Crippen molar-refractivity contribution in [1.29, 1.82) is 0 Å². The van der Waals surface area contributed by atoms with Crippen LogP contribution in [0.5, 0.6) is 0 Å². The zero-order valence-electron chi connectivity index (χ0n) is 43.6. The fraction of sp³-hybridized carbons (Fsp3) is 0.0526. The predicted molar refractivity (Wildman–Crippen MR) is 326 cm³/mol. The topological polar surface area (TPSA) is 6.48 Å². The van der Waals surface area contributed by atoms with E-state index in [0.29, 0.717) is 0 Å². The lowest BCUT2D eigenvalue weighted by Gasteiger charge is -2.34. The van der Waals surface area contributed by atoms with Gasteiger partial charge in [-0.3, -0.25) is 0 Å². The van der Waals surface area contributed by atoms with Crippen molar-refractivity contribution in [3.05, 3.63) is 325 Å². The zero-order chi connectivity index (χ0) is 52.0. The minimum atomic E-state index is -0.720. The highest BCUT2D eigenvalue weighted by Gasteiger charge is 2.53. The molecule has 0 bridgehead atoms.